The van der Waals surface area contributed by atoms with E-state index in [9.17, 15) is 14.4 Å². The van der Waals surface area contributed by atoms with E-state index in [0.717, 1.165) is 24.8 Å². The maximum atomic E-state index is 12.3. The summed E-state index contributed by atoms with van der Waals surface area (Å²) >= 11 is 0. The molecule has 7 nitrogen and oxygen atoms in total. The summed E-state index contributed by atoms with van der Waals surface area (Å²) in [5.41, 5.74) is 0.538. The molecular weight excluding hydrogens is 322 g/mol. The van der Waals surface area contributed by atoms with E-state index in [1.54, 1.807) is 18.2 Å². The minimum atomic E-state index is -0.605. The highest BCUT2D eigenvalue weighted by atomic mass is 16.5. The van der Waals surface area contributed by atoms with Crippen LogP contribution in [-0.4, -0.2) is 22.4 Å². The second-order valence-electron chi connectivity index (χ2n) is 6.13. The van der Waals surface area contributed by atoms with Crippen molar-refractivity contribution >= 4 is 5.91 Å². The van der Waals surface area contributed by atoms with Crippen LogP contribution in [0.25, 0.3) is 0 Å². The molecule has 0 spiro atoms. The first-order valence-corrected chi connectivity index (χ1v) is 8.53. The summed E-state index contributed by atoms with van der Waals surface area (Å²) in [6.07, 6.45) is 4.69. The van der Waals surface area contributed by atoms with Gasteiger partial charge in [-0.2, -0.15) is 0 Å². The van der Waals surface area contributed by atoms with Gasteiger partial charge in [0.05, 0.1) is 5.56 Å². The summed E-state index contributed by atoms with van der Waals surface area (Å²) in [5, 5.41) is 2.91. The number of unbranched alkanes of at least 4 members (excludes halogenated alkanes) is 3. The van der Waals surface area contributed by atoms with Crippen LogP contribution < -0.4 is 21.3 Å². The molecule has 0 radical (unpaired) electrons. The SMILES string of the molecule is CCCCCCNC(=O)c1ccc2c(c1)Cc1c([nH]c(=O)[nH]c1=O)O2. The van der Waals surface area contributed by atoms with Gasteiger partial charge in [-0.3, -0.25) is 19.6 Å². The third-order valence-corrected chi connectivity index (χ3v) is 4.22. The summed E-state index contributed by atoms with van der Waals surface area (Å²) in [5.74, 6) is 0.558. The Morgan fingerprint density at radius 3 is 2.84 bits per heavy atom. The Morgan fingerprint density at radius 2 is 2.04 bits per heavy atom. The lowest BCUT2D eigenvalue weighted by atomic mass is 10.0. The molecule has 0 saturated heterocycles. The fourth-order valence-electron chi connectivity index (χ4n) is 2.85. The van der Waals surface area contributed by atoms with Crippen LogP contribution in [-0.2, 0) is 6.42 Å². The number of hydrogen-bond acceptors (Lipinski definition) is 4. The van der Waals surface area contributed by atoms with Crippen LogP contribution in [0.3, 0.4) is 0 Å². The van der Waals surface area contributed by atoms with Gasteiger partial charge in [0.25, 0.3) is 11.5 Å². The van der Waals surface area contributed by atoms with E-state index >= 15 is 0 Å². The standard InChI is InChI=1S/C18H21N3O4/c1-2-3-4-5-8-19-15(22)11-6-7-14-12(9-11)10-13-16(23)20-18(24)21-17(13)25-14/h6-7,9H,2-5,8,10H2,1H3,(H,19,22)(H2,20,21,23,24). The Bertz CT molecular complexity index is 898. The summed E-state index contributed by atoms with van der Waals surface area (Å²) in [7, 11) is 0. The van der Waals surface area contributed by atoms with E-state index in [1.165, 1.54) is 6.42 Å². The normalized spacial score (nSPS) is 12.0. The highest BCUT2D eigenvalue weighted by molar-refractivity contribution is 5.94. The summed E-state index contributed by atoms with van der Waals surface area (Å²) in [6, 6.07) is 5.09. The van der Waals surface area contributed by atoms with Crippen molar-refractivity contribution in [2.24, 2.45) is 0 Å². The number of H-pyrrole nitrogens is 2. The van der Waals surface area contributed by atoms with Crippen LogP contribution in [0.15, 0.2) is 27.8 Å². The fourth-order valence-corrected chi connectivity index (χ4v) is 2.85. The van der Waals surface area contributed by atoms with Crippen molar-refractivity contribution in [2.45, 2.75) is 39.0 Å². The highest BCUT2D eigenvalue weighted by Crippen LogP contribution is 2.33. The van der Waals surface area contributed by atoms with Crippen molar-refractivity contribution in [3.63, 3.8) is 0 Å². The number of amides is 1. The lowest BCUT2D eigenvalue weighted by Gasteiger charge is -2.19. The van der Waals surface area contributed by atoms with E-state index in [1.807, 2.05) is 0 Å². The van der Waals surface area contributed by atoms with Gasteiger partial charge in [-0.15, -0.1) is 0 Å². The largest absolute Gasteiger partial charge is 0.440 e. The van der Waals surface area contributed by atoms with Gasteiger partial charge in [0.15, 0.2) is 0 Å². The zero-order valence-electron chi connectivity index (χ0n) is 14.1. The summed E-state index contributed by atoms with van der Waals surface area (Å²) in [4.78, 5) is 40.2. The van der Waals surface area contributed by atoms with E-state index in [2.05, 4.69) is 22.2 Å². The van der Waals surface area contributed by atoms with Crippen molar-refractivity contribution in [1.82, 2.24) is 15.3 Å². The molecule has 3 N–H and O–H groups in total. The Hall–Kier alpha value is -2.83. The first-order valence-electron chi connectivity index (χ1n) is 8.53. The van der Waals surface area contributed by atoms with Crippen LogP contribution in [0.1, 0.15) is 54.1 Å². The van der Waals surface area contributed by atoms with Gasteiger partial charge in [-0.1, -0.05) is 26.2 Å². The minimum Gasteiger partial charge on any atom is -0.440 e. The molecule has 0 saturated carbocycles. The monoisotopic (exact) mass is 343 g/mol. The van der Waals surface area contributed by atoms with Crippen LogP contribution in [0.2, 0.25) is 0 Å². The van der Waals surface area contributed by atoms with E-state index in [0.29, 0.717) is 29.8 Å². The second kappa shape index (κ2) is 7.38. The number of aromatic nitrogens is 2. The lowest BCUT2D eigenvalue weighted by molar-refractivity contribution is 0.0953. The number of benzene rings is 1. The molecule has 25 heavy (non-hydrogen) atoms. The molecule has 132 valence electrons. The fraction of sp³-hybridized carbons (Fsp3) is 0.389. The van der Waals surface area contributed by atoms with Crippen LogP contribution >= 0.6 is 0 Å². The smallest absolute Gasteiger partial charge is 0.328 e. The van der Waals surface area contributed by atoms with Gasteiger partial charge < -0.3 is 10.1 Å². The Kier molecular flexibility index (Phi) is 5.02. The van der Waals surface area contributed by atoms with E-state index in [4.69, 9.17) is 4.74 Å². The third-order valence-electron chi connectivity index (χ3n) is 4.22. The molecule has 0 atom stereocenters. The first-order chi connectivity index (χ1) is 12.1. The van der Waals surface area contributed by atoms with E-state index < -0.39 is 11.2 Å². The lowest BCUT2D eigenvalue weighted by Crippen LogP contribution is -2.28. The zero-order valence-corrected chi connectivity index (χ0v) is 14.1. The van der Waals surface area contributed by atoms with Crippen molar-refractivity contribution < 1.29 is 9.53 Å². The Balaban J connectivity index is 1.72. The quantitative estimate of drug-likeness (QED) is 0.596. The Labute approximate surface area is 144 Å². The molecule has 1 aromatic heterocycles. The van der Waals surface area contributed by atoms with E-state index in [-0.39, 0.29) is 11.8 Å². The van der Waals surface area contributed by atoms with Gasteiger partial charge in [0.1, 0.15) is 5.75 Å². The van der Waals surface area contributed by atoms with Crippen LogP contribution in [0, 0.1) is 0 Å². The number of ether oxygens (including phenoxy) is 1. The molecule has 2 aromatic rings. The Morgan fingerprint density at radius 1 is 1.20 bits per heavy atom. The number of fused-ring (bicyclic) bond motifs is 2. The third kappa shape index (κ3) is 3.81. The van der Waals surface area contributed by atoms with Crippen LogP contribution in [0.5, 0.6) is 11.6 Å². The average Bonchev–Trinajstić information content (AvgIpc) is 2.59. The molecule has 1 amide bonds. The van der Waals surface area contributed by atoms with Crippen molar-refractivity contribution in [2.75, 3.05) is 6.54 Å². The van der Waals surface area contributed by atoms with Crippen molar-refractivity contribution in [1.29, 1.82) is 0 Å². The average molecular weight is 343 g/mol. The zero-order chi connectivity index (χ0) is 17.8. The number of carbonyl (C=O) groups is 1. The number of hydrogen-bond donors (Lipinski definition) is 3. The van der Waals surface area contributed by atoms with Crippen molar-refractivity contribution in [3.8, 4) is 11.6 Å². The minimum absolute atomic E-state index is 0.138. The molecule has 0 aliphatic carbocycles. The maximum Gasteiger partial charge on any atom is 0.328 e. The van der Waals surface area contributed by atoms with Crippen molar-refractivity contribution in [3.05, 3.63) is 55.7 Å². The molecule has 3 rings (SSSR count). The molecular formula is C18H21N3O4. The van der Waals surface area contributed by atoms with Gasteiger partial charge in [-0.05, 0) is 24.6 Å². The number of carbonyl (C=O) groups excluding carboxylic acids is 1. The van der Waals surface area contributed by atoms with Gasteiger partial charge >= 0.3 is 5.69 Å². The molecule has 2 heterocycles. The predicted molar refractivity (Wildman–Crippen MR) is 93.5 cm³/mol. The summed E-state index contributed by atoms with van der Waals surface area (Å²) < 4.78 is 5.59. The van der Waals surface area contributed by atoms with Gasteiger partial charge in [0.2, 0.25) is 5.88 Å². The summed E-state index contributed by atoms with van der Waals surface area (Å²) in [6.45, 7) is 2.79. The number of nitrogens with one attached hydrogen (secondary N) is 3. The molecule has 1 aromatic carbocycles. The molecule has 1 aliphatic rings. The molecule has 0 bridgehead atoms. The molecule has 0 unspecified atom stereocenters. The first kappa shape index (κ1) is 17.0. The topological polar surface area (TPSA) is 104 Å². The number of rotatable bonds is 6. The highest BCUT2D eigenvalue weighted by Gasteiger charge is 2.22. The molecule has 7 heteroatoms. The maximum absolute atomic E-state index is 12.3. The number of aromatic amines is 2. The van der Waals surface area contributed by atoms with Crippen LogP contribution in [0.4, 0.5) is 0 Å². The molecule has 0 fully saturated rings. The molecule has 1 aliphatic heterocycles. The van der Waals surface area contributed by atoms with Gasteiger partial charge in [0, 0.05) is 24.1 Å². The second-order valence-corrected chi connectivity index (χ2v) is 6.13. The predicted octanol–water partition coefficient (Wildman–Crippen LogP) is 2.07. The van der Waals surface area contributed by atoms with Gasteiger partial charge in [-0.25, -0.2) is 4.79 Å².